The third-order valence-corrected chi connectivity index (χ3v) is 7.99. The van der Waals surface area contributed by atoms with Crippen molar-refractivity contribution in [3.05, 3.63) is 82.2 Å². The van der Waals surface area contributed by atoms with Gasteiger partial charge in [-0.2, -0.15) is 4.31 Å². The topological polar surface area (TPSA) is 117 Å². The first-order chi connectivity index (χ1) is 16.7. The second-order valence-electron chi connectivity index (χ2n) is 7.88. The molecule has 0 aliphatic carbocycles. The number of benzene rings is 2. The highest BCUT2D eigenvalue weighted by atomic mass is 127. The lowest BCUT2D eigenvalue weighted by atomic mass is 10.2. The smallest absolute Gasteiger partial charge is 0.252 e. The lowest BCUT2D eigenvalue weighted by Gasteiger charge is -2.27. The van der Waals surface area contributed by atoms with E-state index in [4.69, 9.17) is 0 Å². The number of hydrogen-bond donors (Lipinski definition) is 1. The molecule has 0 bridgehead atoms. The van der Waals surface area contributed by atoms with Crippen LogP contribution >= 0.6 is 22.6 Å². The van der Waals surface area contributed by atoms with Crippen LogP contribution in [0.5, 0.6) is 0 Å². The van der Waals surface area contributed by atoms with E-state index in [1.54, 1.807) is 42.6 Å². The van der Waals surface area contributed by atoms with Crippen LogP contribution in [0.4, 0.5) is 11.4 Å². The summed E-state index contributed by atoms with van der Waals surface area (Å²) in [5, 5.41) is 2.59. The van der Waals surface area contributed by atoms with Gasteiger partial charge in [0.1, 0.15) is 6.04 Å². The number of sulfonamides is 1. The van der Waals surface area contributed by atoms with Gasteiger partial charge in [-0.05, 0) is 82.8 Å². The summed E-state index contributed by atoms with van der Waals surface area (Å²) >= 11 is 2.12. The lowest BCUT2D eigenvalue weighted by molar-refractivity contribution is -0.122. The fourth-order valence-corrected chi connectivity index (χ4v) is 5.71. The second-order valence-corrected chi connectivity index (χ2v) is 11.0. The molecule has 35 heavy (non-hydrogen) atoms. The van der Waals surface area contributed by atoms with Crippen LogP contribution in [0.25, 0.3) is 0 Å². The zero-order valence-electron chi connectivity index (χ0n) is 18.6. The highest BCUT2D eigenvalue weighted by Crippen LogP contribution is 2.31. The Hall–Kier alpha value is -3.16. The number of carbonyl (C=O) groups excluding carboxylic acids is 3. The Balaban J connectivity index is 1.71. The molecule has 4 rings (SSSR count). The SMILES string of the molecule is CC(=O)Nc1ccc(S(=O)(=O)N(Cc2cccnc2)C2CC(=O)N(c3ccc(I)cc3)C2=O)cc1. The van der Waals surface area contributed by atoms with E-state index in [9.17, 15) is 22.8 Å². The van der Waals surface area contributed by atoms with Crippen molar-refractivity contribution in [2.45, 2.75) is 30.8 Å². The number of halogens is 1. The molecule has 0 saturated carbocycles. The number of carbonyl (C=O) groups is 3. The molecular formula is C24H21IN4O5S. The van der Waals surface area contributed by atoms with Crippen molar-refractivity contribution < 1.29 is 22.8 Å². The zero-order valence-corrected chi connectivity index (χ0v) is 21.6. The minimum absolute atomic E-state index is 0.0662. The van der Waals surface area contributed by atoms with Gasteiger partial charge in [0, 0.05) is 35.1 Å². The molecule has 1 aliphatic heterocycles. The predicted molar refractivity (Wildman–Crippen MR) is 138 cm³/mol. The number of hydrogen-bond acceptors (Lipinski definition) is 6. The fourth-order valence-electron chi connectivity index (χ4n) is 3.79. The Labute approximate surface area is 216 Å². The van der Waals surface area contributed by atoms with Gasteiger partial charge in [0.05, 0.1) is 17.0 Å². The Morgan fingerprint density at radius 2 is 1.80 bits per heavy atom. The maximum absolute atomic E-state index is 13.7. The van der Waals surface area contributed by atoms with Gasteiger partial charge >= 0.3 is 0 Å². The summed E-state index contributed by atoms with van der Waals surface area (Å²) in [5.41, 5.74) is 1.40. The maximum Gasteiger partial charge on any atom is 0.252 e. The van der Waals surface area contributed by atoms with E-state index in [-0.39, 0.29) is 23.8 Å². The molecule has 0 radical (unpaired) electrons. The Kier molecular flexibility index (Phi) is 7.28. The van der Waals surface area contributed by atoms with Crippen LogP contribution in [0.2, 0.25) is 0 Å². The van der Waals surface area contributed by atoms with E-state index in [0.717, 1.165) is 12.8 Å². The number of pyridine rings is 1. The van der Waals surface area contributed by atoms with E-state index in [2.05, 4.69) is 32.9 Å². The van der Waals surface area contributed by atoms with Crippen molar-refractivity contribution in [2.75, 3.05) is 10.2 Å². The summed E-state index contributed by atoms with van der Waals surface area (Å²) in [7, 11) is -4.20. The molecule has 180 valence electrons. The van der Waals surface area contributed by atoms with E-state index < -0.39 is 27.9 Å². The number of imide groups is 1. The van der Waals surface area contributed by atoms with Crippen molar-refractivity contribution in [3.63, 3.8) is 0 Å². The first-order valence-electron chi connectivity index (χ1n) is 10.6. The van der Waals surface area contributed by atoms with Gasteiger partial charge in [0.25, 0.3) is 5.91 Å². The minimum atomic E-state index is -4.20. The van der Waals surface area contributed by atoms with Crippen molar-refractivity contribution in [3.8, 4) is 0 Å². The number of aromatic nitrogens is 1. The number of amides is 3. The van der Waals surface area contributed by atoms with Crippen molar-refractivity contribution in [1.82, 2.24) is 9.29 Å². The Bertz CT molecular complexity index is 1360. The van der Waals surface area contributed by atoms with Crippen molar-refractivity contribution >= 4 is 61.7 Å². The lowest BCUT2D eigenvalue weighted by Crippen LogP contribution is -2.45. The van der Waals surface area contributed by atoms with E-state index >= 15 is 0 Å². The average molecular weight is 604 g/mol. The molecule has 1 saturated heterocycles. The normalized spacial score (nSPS) is 16.1. The molecule has 1 fully saturated rings. The molecule has 11 heteroatoms. The van der Waals surface area contributed by atoms with Crippen LogP contribution in [0.15, 0.2) is 78.0 Å². The summed E-state index contributed by atoms with van der Waals surface area (Å²) in [5.74, 6) is -1.38. The van der Waals surface area contributed by atoms with Crippen LogP contribution < -0.4 is 10.2 Å². The molecule has 9 nitrogen and oxygen atoms in total. The summed E-state index contributed by atoms with van der Waals surface area (Å²) < 4.78 is 29.4. The molecule has 1 aliphatic rings. The summed E-state index contributed by atoms with van der Waals surface area (Å²) in [6.45, 7) is 1.20. The molecule has 1 unspecified atom stereocenters. The minimum Gasteiger partial charge on any atom is -0.326 e. The van der Waals surface area contributed by atoms with E-state index in [0.29, 0.717) is 16.9 Å². The summed E-state index contributed by atoms with van der Waals surface area (Å²) in [4.78, 5) is 42.6. The van der Waals surface area contributed by atoms with Crippen molar-refractivity contribution in [1.29, 1.82) is 0 Å². The second kappa shape index (κ2) is 10.2. The first kappa shape index (κ1) is 24.9. The van der Waals surface area contributed by atoms with Gasteiger partial charge in [-0.25, -0.2) is 13.3 Å². The maximum atomic E-state index is 13.7. The molecule has 1 N–H and O–H groups in total. The quantitative estimate of drug-likeness (QED) is 0.327. The standard InChI is InChI=1S/C24H21IN4O5S/c1-16(30)27-19-6-10-21(11-7-19)35(33,34)28(15-17-3-2-12-26-14-17)22-13-23(31)29(24(22)32)20-8-4-18(25)5-9-20/h2-12,14,22H,13,15H2,1H3,(H,27,30). The number of nitrogens with one attached hydrogen (secondary N) is 1. The Morgan fingerprint density at radius 1 is 1.11 bits per heavy atom. The van der Waals surface area contributed by atoms with E-state index in [1.807, 2.05) is 0 Å². The molecule has 3 aromatic rings. The zero-order chi connectivity index (χ0) is 25.2. The van der Waals surface area contributed by atoms with Crippen LogP contribution in [-0.4, -0.2) is 41.5 Å². The molecule has 2 heterocycles. The van der Waals surface area contributed by atoms with Crippen molar-refractivity contribution in [2.24, 2.45) is 0 Å². The van der Waals surface area contributed by atoms with Gasteiger partial charge in [-0.15, -0.1) is 0 Å². The highest BCUT2D eigenvalue weighted by molar-refractivity contribution is 14.1. The highest BCUT2D eigenvalue weighted by Gasteiger charge is 2.47. The summed E-state index contributed by atoms with van der Waals surface area (Å²) in [6, 6.07) is 14.6. The van der Waals surface area contributed by atoms with Crippen LogP contribution in [-0.2, 0) is 31.0 Å². The Morgan fingerprint density at radius 3 is 2.40 bits per heavy atom. The third-order valence-electron chi connectivity index (χ3n) is 5.40. The van der Waals surface area contributed by atoms with Crippen LogP contribution in [0, 0.1) is 3.57 Å². The average Bonchev–Trinajstić information content (AvgIpc) is 3.12. The fraction of sp³-hybridized carbons (Fsp3) is 0.167. The molecule has 2 aromatic carbocycles. The van der Waals surface area contributed by atoms with Gasteiger partial charge in [-0.1, -0.05) is 6.07 Å². The van der Waals surface area contributed by atoms with Crippen LogP contribution in [0.1, 0.15) is 18.9 Å². The number of nitrogens with zero attached hydrogens (tertiary/aromatic N) is 3. The molecule has 0 spiro atoms. The number of rotatable bonds is 7. The van der Waals surface area contributed by atoms with Gasteiger partial charge in [0.15, 0.2) is 0 Å². The van der Waals surface area contributed by atoms with E-state index in [1.165, 1.54) is 37.4 Å². The number of anilines is 2. The van der Waals surface area contributed by atoms with Gasteiger partial charge in [0.2, 0.25) is 21.8 Å². The largest absolute Gasteiger partial charge is 0.326 e. The first-order valence-corrected chi connectivity index (χ1v) is 13.1. The molecule has 1 atom stereocenters. The third kappa shape index (κ3) is 5.41. The molecule has 1 aromatic heterocycles. The van der Waals surface area contributed by atoms with Crippen LogP contribution in [0.3, 0.4) is 0 Å². The summed E-state index contributed by atoms with van der Waals surface area (Å²) in [6.07, 6.45) is 2.79. The molecular weight excluding hydrogens is 583 g/mol. The predicted octanol–water partition coefficient (Wildman–Crippen LogP) is 3.17. The molecule has 3 amide bonds. The van der Waals surface area contributed by atoms with Gasteiger partial charge in [-0.3, -0.25) is 19.4 Å². The monoisotopic (exact) mass is 604 g/mol. The van der Waals surface area contributed by atoms with Gasteiger partial charge < -0.3 is 5.32 Å².